The molecule has 3 rings (SSSR count). The van der Waals surface area contributed by atoms with Crippen LogP contribution in [0.15, 0.2) is 53.7 Å². The van der Waals surface area contributed by atoms with E-state index in [1.165, 1.54) is 6.21 Å². The zero-order valence-electron chi connectivity index (χ0n) is 15.1. The molecule has 6 nitrogen and oxygen atoms in total. The maximum absolute atomic E-state index is 12.6. The number of methoxy groups -OCH3 is 1. The van der Waals surface area contributed by atoms with Crippen molar-refractivity contribution in [3.63, 3.8) is 0 Å². The molecule has 6 heteroatoms. The number of aliphatic hydroxyl groups excluding tert-OH is 1. The molecule has 0 radical (unpaired) electrons. The van der Waals surface area contributed by atoms with Gasteiger partial charge in [0.05, 0.1) is 19.6 Å². The van der Waals surface area contributed by atoms with Crippen molar-refractivity contribution < 1.29 is 19.4 Å². The first-order valence-corrected chi connectivity index (χ1v) is 8.69. The number of fused-ring (bicyclic) bond motifs is 1. The summed E-state index contributed by atoms with van der Waals surface area (Å²) in [7, 11) is 1.62. The van der Waals surface area contributed by atoms with Crippen LogP contribution in [0.25, 0.3) is 6.08 Å². The minimum absolute atomic E-state index is 0.0701. The zero-order valence-corrected chi connectivity index (χ0v) is 15.1. The summed E-state index contributed by atoms with van der Waals surface area (Å²) in [4.78, 5) is 16.5. The van der Waals surface area contributed by atoms with Crippen molar-refractivity contribution in [1.29, 1.82) is 0 Å². The van der Waals surface area contributed by atoms with Gasteiger partial charge in [0.1, 0.15) is 18.1 Å². The highest BCUT2D eigenvalue weighted by Crippen LogP contribution is 2.31. The molecule has 2 aromatic rings. The summed E-state index contributed by atoms with van der Waals surface area (Å²) in [6, 6.07) is 13.1. The number of aliphatic hydroxyl groups is 1. The SMILES string of the molecule is COc1ccc2c(c1)CC(C(=O)Nc1ccc(/C=C/N=CCO)cc1)CO2. The topological polar surface area (TPSA) is 80.2 Å². The molecule has 1 amide bonds. The lowest BCUT2D eigenvalue weighted by molar-refractivity contribution is -0.121. The van der Waals surface area contributed by atoms with Gasteiger partial charge in [-0.05, 0) is 54.0 Å². The number of hydrogen-bond acceptors (Lipinski definition) is 5. The van der Waals surface area contributed by atoms with Gasteiger partial charge in [0, 0.05) is 18.1 Å². The molecule has 140 valence electrons. The molecule has 1 heterocycles. The third kappa shape index (κ3) is 4.95. The van der Waals surface area contributed by atoms with E-state index < -0.39 is 0 Å². The van der Waals surface area contributed by atoms with E-state index in [0.29, 0.717) is 13.0 Å². The molecule has 1 atom stereocenters. The van der Waals surface area contributed by atoms with Crippen LogP contribution in [0.4, 0.5) is 5.69 Å². The molecule has 2 N–H and O–H groups in total. The summed E-state index contributed by atoms with van der Waals surface area (Å²) in [6.45, 7) is 0.270. The Morgan fingerprint density at radius 1 is 1.33 bits per heavy atom. The second kappa shape index (κ2) is 9.00. The van der Waals surface area contributed by atoms with Crippen molar-refractivity contribution in [3.8, 4) is 11.5 Å². The van der Waals surface area contributed by atoms with E-state index in [-0.39, 0.29) is 18.4 Å². The molecular formula is C21H22N2O4. The number of carbonyl (C=O) groups excluding carboxylic acids is 1. The fraction of sp³-hybridized carbons (Fsp3) is 0.238. The van der Waals surface area contributed by atoms with Crippen molar-refractivity contribution in [2.45, 2.75) is 6.42 Å². The summed E-state index contributed by atoms with van der Waals surface area (Å²) in [5, 5.41) is 11.6. The van der Waals surface area contributed by atoms with Crippen molar-refractivity contribution in [3.05, 3.63) is 59.8 Å². The minimum atomic E-state index is -0.253. The predicted molar refractivity (Wildman–Crippen MR) is 105 cm³/mol. The van der Waals surface area contributed by atoms with Gasteiger partial charge in [-0.3, -0.25) is 9.79 Å². The zero-order chi connectivity index (χ0) is 19.1. The maximum Gasteiger partial charge on any atom is 0.231 e. The Morgan fingerprint density at radius 3 is 2.89 bits per heavy atom. The lowest BCUT2D eigenvalue weighted by atomic mass is 9.95. The number of carbonyl (C=O) groups is 1. The van der Waals surface area contributed by atoms with Crippen LogP contribution in [0, 0.1) is 5.92 Å². The van der Waals surface area contributed by atoms with Crippen LogP contribution in [-0.4, -0.2) is 37.6 Å². The Labute approximate surface area is 158 Å². The number of aliphatic imine (C=N–C) groups is 1. The van der Waals surface area contributed by atoms with Gasteiger partial charge in [-0.15, -0.1) is 0 Å². The highest BCUT2D eigenvalue weighted by molar-refractivity contribution is 5.93. The average molecular weight is 366 g/mol. The lowest BCUT2D eigenvalue weighted by Gasteiger charge is -2.25. The van der Waals surface area contributed by atoms with E-state index in [1.54, 1.807) is 13.3 Å². The predicted octanol–water partition coefficient (Wildman–Crippen LogP) is 2.92. The van der Waals surface area contributed by atoms with E-state index in [9.17, 15) is 4.79 Å². The first kappa shape index (κ1) is 18.7. The van der Waals surface area contributed by atoms with Gasteiger partial charge >= 0.3 is 0 Å². The normalized spacial score (nSPS) is 16.1. The Hall–Kier alpha value is -3.12. The van der Waals surface area contributed by atoms with E-state index in [4.69, 9.17) is 14.6 Å². The summed E-state index contributed by atoms with van der Waals surface area (Å²) in [6.07, 6.45) is 5.44. The second-order valence-corrected chi connectivity index (χ2v) is 6.13. The Kier molecular flexibility index (Phi) is 6.22. The van der Waals surface area contributed by atoms with Gasteiger partial charge in [-0.1, -0.05) is 12.1 Å². The van der Waals surface area contributed by atoms with E-state index in [1.807, 2.05) is 48.5 Å². The van der Waals surface area contributed by atoms with Crippen LogP contribution in [0.1, 0.15) is 11.1 Å². The average Bonchev–Trinajstić information content (AvgIpc) is 2.71. The van der Waals surface area contributed by atoms with Crippen LogP contribution in [0.2, 0.25) is 0 Å². The van der Waals surface area contributed by atoms with Crippen molar-refractivity contribution in [2.24, 2.45) is 10.9 Å². The molecule has 0 saturated carbocycles. The summed E-state index contributed by atoms with van der Waals surface area (Å²) < 4.78 is 11.0. The molecule has 1 unspecified atom stereocenters. The van der Waals surface area contributed by atoms with Gasteiger partial charge in [0.15, 0.2) is 0 Å². The minimum Gasteiger partial charge on any atom is -0.497 e. The molecule has 0 bridgehead atoms. The highest BCUT2D eigenvalue weighted by atomic mass is 16.5. The van der Waals surface area contributed by atoms with Crippen LogP contribution in [0.5, 0.6) is 11.5 Å². The molecule has 0 spiro atoms. The number of rotatable bonds is 6. The molecule has 0 fully saturated rings. The summed E-state index contributed by atoms with van der Waals surface area (Å²) in [5.41, 5.74) is 2.65. The Balaban J connectivity index is 1.60. The lowest BCUT2D eigenvalue weighted by Crippen LogP contribution is -2.32. The number of amides is 1. The van der Waals surface area contributed by atoms with E-state index >= 15 is 0 Å². The largest absolute Gasteiger partial charge is 0.497 e. The Bertz CT molecular complexity index is 844. The number of nitrogens with zero attached hydrogens (tertiary/aromatic N) is 1. The number of benzene rings is 2. The fourth-order valence-electron chi connectivity index (χ4n) is 2.83. The fourth-order valence-corrected chi connectivity index (χ4v) is 2.83. The molecule has 0 saturated heterocycles. The monoisotopic (exact) mass is 366 g/mol. The Morgan fingerprint density at radius 2 is 2.15 bits per heavy atom. The van der Waals surface area contributed by atoms with Crippen LogP contribution in [0.3, 0.4) is 0 Å². The smallest absolute Gasteiger partial charge is 0.231 e. The standard InChI is InChI=1S/C21H22N2O4/c1-26-19-6-7-20-16(13-19)12-17(14-27-20)21(25)23-18-4-2-15(3-5-18)8-9-22-10-11-24/h2-10,13,17,24H,11-12,14H2,1H3,(H,23,25)/b9-8+,22-10?. The number of anilines is 1. The van der Waals surface area contributed by atoms with Crippen molar-refractivity contribution in [1.82, 2.24) is 0 Å². The summed E-state index contributed by atoms with van der Waals surface area (Å²) in [5.74, 6) is 1.24. The first-order chi connectivity index (χ1) is 13.2. The third-order valence-electron chi connectivity index (χ3n) is 4.26. The highest BCUT2D eigenvalue weighted by Gasteiger charge is 2.26. The first-order valence-electron chi connectivity index (χ1n) is 8.69. The van der Waals surface area contributed by atoms with Crippen LogP contribution in [-0.2, 0) is 11.2 Å². The molecular weight excluding hydrogens is 344 g/mol. The van der Waals surface area contributed by atoms with Gasteiger partial charge in [0.2, 0.25) is 5.91 Å². The molecule has 0 aliphatic carbocycles. The van der Waals surface area contributed by atoms with Crippen LogP contribution >= 0.6 is 0 Å². The van der Waals surface area contributed by atoms with Gasteiger partial charge < -0.3 is 19.9 Å². The van der Waals surface area contributed by atoms with E-state index in [2.05, 4.69) is 10.3 Å². The van der Waals surface area contributed by atoms with Crippen molar-refractivity contribution >= 4 is 23.9 Å². The van der Waals surface area contributed by atoms with E-state index in [0.717, 1.165) is 28.3 Å². The second-order valence-electron chi connectivity index (χ2n) is 6.13. The number of ether oxygens (including phenoxy) is 2. The third-order valence-corrected chi connectivity index (χ3v) is 4.26. The molecule has 1 aliphatic heterocycles. The van der Waals surface area contributed by atoms with Crippen molar-refractivity contribution in [2.75, 3.05) is 25.6 Å². The van der Waals surface area contributed by atoms with Crippen LogP contribution < -0.4 is 14.8 Å². The van der Waals surface area contributed by atoms with Gasteiger partial charge in [0.25, 0.3) is 0 Å². The number of nitrogens with one attached hydrogen (secondary N) is 1. The summed E-state index contributed by atoms with van der Waals surface area (Å²) >= 11 is 0. The quantitative estimate of drug-likeness (QED) is 0.771. The maximum atomic E-state index is 12.6. The molecule has 0 aromatic heterocycles. The van der Waals surface area contributed by atoms with Gasteiger partial charge in [-0.2, -0.15) is 0 Å². The number of hydrogen-bond donors (Lipinski definition) is 2. The molecule has 1 aliphatic rings. The molecule has 27 heavy (non-hydrogen) atoms. The molecule has 2 aromatic carbocycles. The van der Waals surface area contributed by atoms with Gasteiger partial charge in [-0.25, -0.2) is 0 Å².